The quantitative estimate of drug-likeness (QED) is 0.628. The highest BCUT2D eigenvalue weighted by Crippen LogP contribution is 2.03. The van der Waals surface area contributed by atoms with Crippen LogP contribution in [0.25, 0.3) is 0 Å². The normalized spacial score (nSPS) is 20.5. The Kier molecular flexibility index (Phi) is 7.77. The van der Waals surface area contributed by atoms with E-state index in [4.69, 9.17) is 4.74 Å². The molecular formula is C13H30N4O. The summed E-state index contributed by atoms with van der Waals surface area (Å²) < 4.78 is 5.22. The van der Waals surface area contributed by atoms with E-state index >= 15 is 0 Å². The third kappa shape index (κ3) is 6.11. The van der Waals surface area contributed by atoms with Crippen LogP contribution < -0.4 is 5.32 Å². The molecule has 1 unspecified atom stereocenters. The highest BCUT2D eigenvalue weighted by molar-refractivity contribution is 4.77. The molecule has 1 aliphatic rings. The zero-order chi connectivity index (χ0) is 13.4. The predicted molar refractivity (Wildman–Crippen MR) is 76.2 cm³/mol. The number of rotatable bonds is 8. The summed E-state index contributed by atoms with van der Waals surface area (Å²) in [4.78, 5) is 7.34. The minimum Gasteiger partial charge on any atom is -0.383 e. The van der Waals surface area contributed by atoms with Crippen molar-refractivity contribution in [3.63, 3.8) is 0 Å². The van der Waals surface area contributed by atoms with Crippen LogP contribution in [0.2, 0.25) is 0 Å². The van der Waals surface area contributed by atoms with Crippen molar-refractivity contribution in [2.75, 3.05) is 80.7 Å². The van der Waals surface area contributed by atoms with Crippen LogP contribution in [0.3, 0.4) is 0 Å². The van der Waals surface area contributed by atoms with Gasteiger partial charge in [0.15, 0.2) is 0 Å². The molecular weight excluding hydrogens is 228 g/mol. The molecule has 0 bridgehead atoms. The number of hydrogen-bond acceptors (Lipinski definition) is 5. The van der Waals surface area contributed by atoms with Gasteiger partial charge in [0.25, 0.3) is 0 Å². The van der Waals surface area contributed by atoms with Crippen LogP contribution in [0.1, 0.15) is 0 Å². The van der Waals surface area contributed by atoms with E-state index in [1.54, 1.807) is 7.11 Å². The van der Waals surface area contributed by atoms with Crippen molar-refractivity contribution in [1.29, 1.82) is 0 Å². The molecule has 0 radical (unpaired) electrons. The monoisotopic (exact) mass is 258 g/mol. The van der Waals surface area contributed by atoms with Gasteiger partial charge in [-0.25, -0.2) is 0 Å². The van der Waals surface area contributed by atoms with Gasteiger partial charge in [0.2, 0.25) is 0 Å². The average molecular weight is 258 g/mol. The fourth-order valence-corrected chi connectivity index (χ4v) is 2.28. The van der Waals surface area contributed by atoms with Gasteiger partial charge in [0.1, 0.15) is 0 Å². The molecule has 5 heteroatoms. The molecule has 0 aromatic rings. The number of methoxy groups -OCH3 is 1. The number of nitrogens with one attached hydrogen (secondary N) is 1. The Bertz CT molecular complexity index is 205. The summed E-state index contributed by atoms with van der Waals surface area (Å²) in [7, 11) is 8.05. The van der Waals surface area contributed by atoms with Gasteiger partial charge in [-0.05, 0) is 21.1 Å². The van der Waals surface area contributed by atoms with Crippen molar-refractivity contribution < 1.29 is 4.74 Å². The van der Waals surface area contributed by atoms with Crippen LogP contribution in [0.15, 0.2) is 0 Å². The Morgan fingerprint density at radius 3 is 2.28 bits per heavy atom. The molecule has 5 nitrogen and oxygen atoms in total. The number of ether oxygens (including phenoxy) is 1. The SMILES string of the molecule is CNC(COC)CN1CCN(CCN(C)C)CC1. The fraction of sp³-hybridized carbons (Fsp3) is 1.00. The lowest BCUT2D eigenvalue weighted by Crippen LogP contribution is -2.52. The second kappa shape index (κ2) is 8.82. The molecule has 1 heterocycles. The zero-order valence-corrected chi connectivity index (χ0v) is 12.5. The molecule has 0 saturated carbocycles. The molecule has 1 rings (SSSR count). The summed E-state index contributed by atoms with van der Waals surface area (Å²) in [5.74, 6) is 0. The first-order valence-corrected chi connectivity index (χ1v) is 6.91. The molecule has 1 fully saturated rings. The van der Waals surface area contributed by atoms with Gasteiger partial charge in [-0.3, -0.25) is 9.80 Å². The van der Waals surface area contributed by atoms with E-state index in [0.717, 1.165) is 19.7 Å². The Morgan fingerprint density at radius 2 is 1.78 bits per heavy atom. The van der Waals surface area contributed by atoms with Crippen molar-refractivity contribution >= 4 is 0 Å². The summed E-state index contributed by atoms with van der Waals surface area (Å²) >= 11 is 0. The summed E-state index contributed by atoms with van der Waals surface area (Å²) in [5.41, 5.74) is 0. The number of likely N-dealkylation sites (N-methyl/N-ethyl adjacent to an activating group) is 2. The van der Waals surface area contributed by atoms with Gasteiger partial charge < -0.3 is 15.0 Å². The van der Waals surface area contributed by atoms with Gasteiger partial charge in [-0.15, -0.1) is 0 Å². The van der Waals surface area contributed by atoms with Crippen molar-refractivity contribution in [1.82, 2.24) is 20.0 Å². The first-order chi connectivity index (χ1) is 8.65. The Balaban J connectivity index is 2.18. The lowest BCUT2D eigenvalue weighted by Gasteiger charge is -2.36. The van der Waals surface area contributed by atoms with Crippen molar-refractivity contribution in [3.8, 4) is 0 Å². The second-order valence-corrected chi connectivity index (χ2v) is 5.39. The van der Waals surface area contributed by atoms with Crippen molar-refractivity contribution in [2.45, 2.75) is 6.04 Å². The number of hydrogen-bond donors (Lipinski definition) is 1. The summed E-state index contributed by atoms with van der Waals surface area (Å²) in [6.07, 6.45) is 0. The van der Waals surface area contributed by atoms with E-state index in [0.29, 0.717) is 6.04 Å². The van der Waals surface area contributed by atoms with Crippen LogP contribution in [0, 0.1) is 0 Å². The van der Waals surface area contributed by atoms with Gasteiger partial charge >= 0.3 is 0 Å². The molecule has 0 amide bonds. The van der Waals surface area contributed by atoms with Crippen molar-refractivity contribution in [2.24, 2.45) is 0 Å². The molecule has 1 aliphatic heterocycles. The van der Waals surface area contributed by atoms with E-state index in [9.17, 15) is 0 Å². The Morgan fingerprint density at radius 1 is 1.17 bits per heavy atom. The van der Waals surface area contributed by atoms with E-state index in [1.165, 1.54) is 32.7 Å². The predicted octanol–water partition coefficient (Wildman–Crippen LogP) is -0.600. The fourth-order valence-electron chi connectivity index (χ4n) is 2.28. The maximum atomic E-state index is 5.22. The highest BCUT2D eigenvalue weighted by Gasteiger charge is 2.19. The van der Waals surface area contributed by atoms with Crippen LogP contribution in [-0.2, 0) is 4.74 Å². The van der Waals surface area contributed by atoms with Gasteiger partial charge in [0, 0.05) is 59.0 Å². The number of nitrogens with zero attached hydrogens (tertiary/aromatic N) is 3. The summed E-state index contributed by atoms with van der Waals surface area (Å²) in [6, 6.07) is 0.448. The third-order valence-corrected chi connectivity index (χ3v) is 3.58. The minimum atomic E-state index is 0.448. The molecule has 108 valence electrons. The summed E-state index contributed by atoms with van der Waals surface area (Å²) in [6.45, 7) is 8.96. The van der Waals surface area contributed by atoms with Gasteiger partial charge in [-0.1, -0.05) is 0 Å². The smallest absolute Gasteiger partial charge is 0.0628 e. The summed E-state index contributed by atoms with van der Waals surface area (Å²) in [5, 5.41) is 3.31. The first kappa shape index (κ1) is 15.9. The van der Waals surface area contributed by atoms with E-state index < -0.39 is 0 Å². The Hall–Kier alpha value is -0.200. The maximum Gasteiger partial charge on any atom is 0.0628 e. The Labute approximate surface area is 112 Å². The van der Waals surface area contributed by atoms with Crippen LogP contribution in [-0.4, -0.2) is 101 Å². The maximum absolute atomic E-state index is 5.22. The third-order valence-electron chi connectivity index (χ3n) is 3.58. The zero-order valence-electron chi connectivity index (χ0n) is 12.5. The second-order valence-electron chi connectivity index (χ2n) is 5.39. The topological polar surface area (TPSA) is 31.0 Å². The molecule has 18 heavy (non-hydrogen) atoms. The van der Waals surface area contributed by atoms with E-state index in [1.807, 2.05) is 7.05 Å². The molecule has 0 aromatic heterocycles. The highest BCUT2D eigenvalue weighted by atomic mass is 16.5. The minimum absolute atomic E-state index is 0.448. The number of piperazine rings is 1. The average Bonchev–Trinajstić information content (AvgIpc) is 2.37. The van der Waals surface area contributed by atoms with E-state index in [-0.39, 0.29) is 0 Å². The molecule has 1 saturated heterocycles. The van der Waals surface area contributed by atoms with E-state index in [2.05, 4.69) is 34.1 Å². The molecule has 1 atom stereocenters. The molecule has 1 N–H and O–H groups in total. The van der Waals surface area contributed by atoms with Gasteiger partial charge in [-0.2, -0.15) is 0 Å². The van der Waals surface area contributed by atoms with Crippen LogP contribution >= 0.6 is 0 Å². The lowest BCUT2D eigenvalue weighted by atomic mass is 10.2. The van der Waals surface area contributed by atoms with Crippen LogP contribution in [0.4, 0.5) is 0 Å². The van der Waals surface area contributed by atoms with Gasteiger partial charge in [0.05, 0.1) is 6.61 Å². The lowest BCUT2D eigenvalue weighted by molar-refractivity contribution is 0.0967. The molecule has 0 aromatic carbocycles. The first-order valence-electron chi connectivity index (χ1n) is 6.91. The van der Waals surface area contributed by atoms with Crippen molar-refractivity contribution in [3.05, 3.63) is 0 Å². The van der Waals surface area contributed by atoms with Crippen LogP contribution in [0.5, 0.6) is 0 Å². The largest absolute Gasteiger partial charge is 0.383 e. The standard InChI is InChI=1S/C13H30N4O/c1-14-13(12-18-4)11-17-9-7-16(8-10-17)6-5-15(2)3/h13-14H,5-12H2,1-4H3. The molecule has 0 spiro atoms. The molecule has 0 aliphatic carbocycles.